The quantitative estimate of drug-likeness (QED) is 0.628. The summed E-state index contributed by atoms with van der Waals surface area (Å²) in [6.07, 6.45) is 0.339. The van der Waals surface area contributed by atoms with Crippen LogP contribution in [-0.2, 0) is 14.3 Å². The van der Waals surface area contributed by atoms with E-state index < -0.39 is 5.97 Å². The Balaban J connectivity index is 2.49. The Morgan fingerprint density at radius 2 is 2.46 bits per heavy atom. The molecule has 2 N–H and O–H groups in total. The number of nitrogens with one attached hydrogen (secondary N) is 1. The molecule has 1 aliphatic heterocycles. The third kappa shape index (κ3) is 2.69. The van der Waals surface area contributed by atoms with Crippen LogP contribution in [0.15, 0.2) is 0 Å². The zero-order valence-electron chi connectivity index (χ0n) is 7.45. The van der Waals surface area contributed by atoms with Crippen LogP contribution in [0.25, 0.3) is 0 Å². The Morgan fingerprint density at radius 3 is 3.00 bits per heavy atom. The number of amides is 1. The summed E-state index contributed by atoms with van der Waals surface area (Å²) in [6.45, 7) is 0.427. The van der Waals surface area contributed by atoms with Crippen molar-refractivity contribution in [3.05, 3.63) is 0 Å². The molecule has 0 bridgehead atoms. The van der Waals surface area contributed by atoms with E-state index in [-0.39, 0.29) is 24.3 Å². The maximum atomic E-state index is 11.0. The van der Waals surface area contributed by atoms with Crippen LogP contribution in [0, 0.1) is 5.92 Å². The number of rotatable bonds is 4. The summed E-state index contributed by atoms with van der Waals surface area (Å²) in [6, 6.07) is -0.273. The van der Waals surface area contributed by atoms with Gasteiger partial charge in [-0.15, -0.1) is 0 Å². The molecule has 13 heavy (non-hydrogen) atoms. The molecule has 0 saturated carbocycles. The Hall–Kier alpha value is -1.10. The van der Waals surface area contributed by atoms with Crippen LogP contribution in [0.2, 0.25) is 0 Å². The van der Waals surface area contributed by atoms with Crippen molar-refractivity contribution in [2.24, 2.45) is 5.92 Å². The average Bonchev–Trinajstić information content (AvgIpc) is 2.31. The second kappa shape index (κ2) is 4.23. The second-order valence-corrected chi connectivity index (χ2v) is 3.19. The highest BCUT2D eigenvalue weighted by Crippen LogP contribution is 2.19. The van der Waals surface area contributed by atoms with Gasteiger partial charge >= 0.3 is 5.97 Å². The predicted octanol–water partition coefficient (Wildman–Crippen LogP) is -0.388. The van der Waals surface area contributed by atoms with Crippen LogP contribution < -0.4 is 5.32 Å². The predicted molar refractivity (Wildman–Crippen MR) is 44.2 cm³/mol. The number of hydrogen-bond donors (Lipinski definition) is 2. The first kappa shape index (κ1) is 9.98. The molecule has 2 unspecified atom stereocenters. The van der Waals surface area contributed by atoms with Crippen LogP contribution in [0.1, 0.15) is 12.8 Å². The van der Waals surface area contributed by atoms with Crippen molar-refractivity contribution in [2.45, 2.75) is 18.9 Å². The molecule has 2 atom stereocenters. The fourth-order valence-corrected chi connectivity index (χ4v) is 1.56. The number of carbonyl (C=O) groups is 2. The van der Waals surface area contributed by atoms with Crippen LogP contribution in [0.4, 0.5) is 0 Å². The minimum absolute atomic E-state index is 0.00593. The minimum Gasteiger partial charge on any atom is -0.481 e. The minimum atomic E-state index is -0.895. The van der Waals surface area contributed by atoms with Crippen molar-refractivity contribution in [1.29, 1.82) is 0 Å². The van der Waals surface area contributed by atoms with E-state index >= 15 is 0 Å². The Bertz CT molecular complexity index is 216. The van der Waals surface area contributed by atoms with E-state index in [0.29, 0.717) is 13.0 Å². The lowest BCUT2D eigenvalue weighted by Crippen LogP contribution is -2.32. The van der Waals surface area contributed by atoms with Crippen molar-refractivity contribution in [3.8, 4) is 0 Å². The molecule has 1 heterocycles. The Kier molecular flexibility index (Phi) is 3.25. The molecule has 5 nitrogen and oxygen atoms in total. The summed E-state index contributed by atoms with van der Waals surface area (Å²) >= 11 is 0. The molecule has 1 saturated heterocycles. The van der Waals surface area contributed by atoms with Gasteiger partial charge in [0.05, 0.1) is 13.0 Å². The van der Waals surface area contributed by atoms with Crippen LogP contribution in [0.3, 0.4) is 0 Å². The van der Waals surface area contributed by atoms with Crippen molar-refractivity contribution in [1.82, 2.24) is 5.32 Å². The van der Waals surface area contributed by atoms with E-state index in [4.69, 9.17) is 9.84 Å². The second-order valence-electron chi connectivity index (χ2n) is 3.19. The van der Waals surface area contributed by atoms with Crippen LogP contribution >= 0.6 is 0 Å². The van der Waals surface area contributed by atoms with Gasteiger partial charge in [0.2, 0.25) is 5.91 Å². The summed E-state index contributed by atoms with van der Waals surface area (Å²) in [5.41, 5.74) is 0. The van der Waals surface area contributed by atoms with E-state index in [1.54, 1.807) is 7.11 Å². The SMILES string of the molecule is COCC1CC(=O)NC1CC(=O)O. The molecule has 74 valence electrons. The van der Waals surface area contributed by atoms with Gasteiger partial charge in [-0.2, -0.15) is 0 Å². The highest BCUT2D eigenvalue weighted by molar-refractivity contribution is 5.80. The zero-order valence-corrected chi connectivity index (χ0v) is 7.45. The summed E-state index contributed by atoms with van der Waals surface area (Å²) in [5.74, 6) is -0.991. The zero-order chi connectivity index (χ0) is 9.84. The van der Waals surface area contributed by atoms with Gasteiger partial charge in [0, 0.05) is 25.5 Å². The van der Waals surface area contributed by atoms with E-state index in [0.717, 1.165) is 0 Å². The van der Waals surface area contributed by atoms with Gasteiger partial charge in [-0.1, -0.05) is 0 Å². The number of carboxylic acids is 1. The summed E-state index contributed by atoms with van der Waals surface area (Å²) in [7, 11) is 1.54. The molecule has 0 aromatic heterocycles. The van der Waals surface area contributed by atoms with Crippen LogP contribution in [0.5, 0.6) is 0 Å². The lowest BCUT2D eigenvalue weighted by atomic mass is 9.99. The van der Waals surface area contributed by atoms with Gasteiger partial charge < -0.3 is 15.2 Å². The summed E-state index contributed by atoms with van der Waals surface area (Å²) < 4.78 is 4.90. The van der Waals surface area contributed by atoms with E-state index in [1.165, 1.54) is 0 Å². The third-order valence-corrected chi connectivity index (χ3v) is 2.14. The Morgan fingerprint density at radius 1 is 1.77 bits per heavy atom. The number of aliphatic carboxylic acids is 1. The normalized spacial score (nSPS) is 27.3. The molecular weight excluding hydrogens is 174 g/mol. The van der Waals surface area contributed by atoms with E-state index in [2.05, 4.69) is 5.32 Å². The summed E-state index contributed by atoms with van der Waals surface area (Å²) in [5, 5.41) is 11.2. The molecule has 0 aromatic carbocycles. The highest BCUT2D eigenvalue weighted by atomic mass is 16.5. The van der Waals surface area contributed by atoms with Crippen molar-refractivity contribution in [3.63, 3.8) is 0 Å². The number of methoxy groups -OCH3 is 1. The molecular formula is C8H13NO4. The standard InChI is InChI=1S/C8H13NO4/c1-13-4-5-2-7(10)9-6(5)3-8(11)12/h5-6H,2-4H2,1H3,(H,9,10)(H,11,12). The molecule has 1 fully saturated rings. The largest absolute Gasteiger partial charge is 0.481 e. The first-order chi connectivity index (χ1) is 6.13. The molecule has 0 aliphatic carbocycles. The molecule has 0 spiro atoms. The Labute approximate surface area is 76.1 Å². The lowest BCUT2D eigenvalue weighted by molar-refractivity contribution is -0.137. The molecule has 1 aliphatic rings. The average molecular weight is 187 g/mol. The molecule has 1 rings (SSSR count). The number of ether oxygens (including phenoxy) is 1. The van der Waals surface area contributed by atoms with E-state index in [1.807, 2.05) is 0 Å². The molecule has 1 amide bonds. The smallest absolute Gasteiger partial charge is 0.305 e. The maximum Gasteiger partial charge on any atom is 0.305 e. The van der Waals surface area contributed by atoms with Crippen molar-refractivity contribution < 1.29 is 19.4 Å². The molecule has 0 radical (unpaired) electrons. The highest BCUT2D eigenvalue weighted by Gasteiger charge is 2.33. The molecule has 5 heteroatoms. The van der Waals surface area contributed by atoms with Gasteiger partial charge in [0.1, 0.15) is 0 Å². The van der Waals surface area contributed by atoms with E-state index in [9.17, 15) is 9.59 Å². The van der Waals surface area contributed by atoms with Gasteiger partial charge in [-0.25, -0.2) is 0 Å². The molecule has 0 aromatic rings. The van der Waals surface area contributed by atoms with Crippen LogP contribution in [-0.4, -0.2) is 36.7 Å². The fourth-order valence-electron chi connectivity index (χ4n) is 1.56. The van der Waals surface area contributed by atoms with Gasteiger partial charge in [-0.3, -0.25) is 9.59 Å². The van der Waals surface area contributed by atoms with Crippen molar-refractivity contribution >= 4 is 11.9 Å². The van der Waals surface area contributed by atoms with Gasteiger partial charge in [-0.05, 0) is 0 Å². The topological polar surface area (TPSA) is 75.6 Å². The summed E-state index contributed by atoms with van der Waals surface area (Å²) in [4.78, 5) is 21.4. The number of carbonyl (C=O) groups excluding carboxylic acids is 1. The van der Waals surface area contributed by atoms with Gasteiger partial charge in [0.25, 0.3) is 0 Å². The number of hydrogen-bond acceptors (Lipinski definition) is 3. The number of carboxylic acid groups (broad SMARTS) is 1. The lowest BCUT2D eigenvalue weighted by Gasteiger charge is -2.15. The van der Waals surface area contributed by atoms with Crippen molar-refractivity contribution in [2.75, 3.05) is 13.7 Å². The maximum absolute atomic E-state index is 11.0. The first-order valence-corrected chi connectivity index (χ1v) is 4.13. The monoisotopic (exact) mass is 187 g/mol. The van der Waals surface area contributed by atoms with Gasteiger partial charge in [0.15, 0.2) is 0 Å². The fraction of sp³-hybridized carbons (Fsp3) is 0.750. The first-order valence-electron chi connectivity index (χ1n) is 4.13. The third-order valence-electron chi connectivity index (χ3n) is 2.14.